The van der Waals surface area contributed by atoms with Crippen LogP contribution in [0.2, 0.25) is 5.02 Å². The number of aliphatic hydroxyl groups is 1. The van der Waals surface area contributed by atoms with E-state index in [1.807, 2.05) is 0 Å². The molecular formula is C11H13BrClNO3. The lowest BCUT2D eigenvalue weighted by Crippen LogP contribution is -2.38. The van der Waals surface area contributed by atoms with Crippen LogP contribution in [-0.4, -0.2) is 30.3 Å². The van der Waals surface area contributed by atoms with E-state index in [9.17, 15) is 4.79 Å². The van der Waals surface area contributed by atoms with Crippen LogP contribution in [0, 0.1) is 0 Å². The molecule has 1 aromatic carbocycles. The van der Waals surface area contributed by atoms with Gasteiger partial charge in [0.05, 0.1) is 11.1 Å². The largest absolute Gasteiger partial charge is 0.483 e. The molecular weight excluding hydrogens is 309 g/mol. The van der Waals surface area contributed by atoms with Gasteiger partial charge in [0.2, 0.25) is 0 Å². The molecule has 1 unspecified atom stereocenters. The van der Waals surface area contributed by atoms with Crippen molar-refractivity contribution in [2.24, 2.45) is 0 Å². The second kappa shape index (κ2) is 6.83. The van der Waals surface area contributed by atoms with Crippen LogP contribution in [0.4, 0.5) is 0 Å². The molecule has 1 aromatic rings. The summed E-state index contributed by atoms with van der Waals surface area (Å²) in [6.07, 6.45) is 0. The Morgan fingerprint density at radius 1 is 1.65 bits per heavy atom. The van der Waals surface area contributed by atoms with Crippen molar-refractivity contribution in [3.8, 4) is 5.75 Å². The molecule has 1 rings (SSSR count). The van der Waals surface area contributed by atoms with E-state index in [1.54, 1.807) is 25.1 Å². The molecule has 0 aliphatic rings. The minimum atomic E-state index is -0.284. The van der Waals surface area contributed by atoms with Crippen molar-refractivity contribution >= 4 is 33.4 Å². The predicted molar refractivity (Wildman–Crippen MR) is 69.3 cm³/mol. The maximum Gasteiger partial charge on any atom is 0.258 e. The molecule has 17 heavy (non-hydrogen) atoms. The van der Waals surface area contributed by atoms with Crippen molar-refractivity contribution in [2.45, 2.75) is 13.0 Å². The number of aliphatic hydroxyl groups excluding tert-OH is 1. The topological polar surface area (TPSA) is 58.6 Å². The summed E-state index contributed by atoms with van der Waals surface area (Å²) in [7, 11) is 0. The predicted octanol–water partition coefficient (Wildman–Crippen LogP) is 1.98. The minimum absolute atomic E-state index is 0.101. The fraction of sp³-hybridized carbons (Fsp3) is 0.364. The van der Waals surface area contributed by atoms with Gasteiger partial charge in [-0.25, -0.2) is 0 Å². The second-order valence-corrected chi connectivity index (χ2v) is 4.81. The average molecular weight is 323 g/mol. The lowest BCUT2D eigenvalue weighted by atomic mass is 10.3. The fourth-order valence-electron chi connectivity index (χ4n) is 1.10. The maximum absolute atomic E-state index is 11.4. The third-order valence-electron chi connectivity index (χ3n) is 1.93. The van der Waals surface area contributed by atoms with E-state index in [2.05, 4.69) is 21.2 Å². The molecule has 0 saturated heterocycles. The Morgan fingerprint density at radius 3 is 2.94 bits per heavy atom. The lowest BCUT2D eigenvalue weighted by molar-refractivity contribution is -0.124. The van der Waals surface area contributed by atoms with Crippen LogP contribution in [0.1, 0.15) is 6.92 Å². The molecule has 0 radical (unpaired) electrons. The van der Waals surface area contributed by atoms with Gasteiger partial charge in [0.15, 0.2) is 6.61 Å². The van der Waals surface area contributed by atoms with Crippen molar-refractivity contribution in [3.63, 3.8) is 0 Å². The molecule has 0 aliphatic heterocycles. The van der Waals surface area contributed by atoms with E-state index >= 15 is 0 Å². The molecule has 0 fully saturated rings. The van der Waals surface area contributed by atoms with Crippen molar-refractivity contribution in [2.75, 3.05) is 13.2 Å². The summed E-state index contributed by atoms with van der Waals surface area (Å²) < 4.78 is 5.99. The molecule has 94 valence electrons. The van der Waals surface area contributed by atoms with Crippen LogP contribution in [0.15, 0.2) is 22.7 Å². The molecule has 0 heterocycles. The van der Waals surface area contributed by atoms with E-state index in [-0.39, 0.29) is 25.2 Å². The van der Waals surface area contributed by atoms with Crippen LogP contribution >= 0.6 is 27.5 Å². The number of rotatable bonds is 5. The number of halogens is 2. The molecule has 1 amide bonds. The van der Waals surface area contributed by atoms with Crippen LogP contribution < -0.4 is 10.1 Å². The third kappa shape index (κ3) is 4.93. The van der Waals surface area contributed by atoms with Crippen molar-refractivity contribution in [1.29, 1.82) is 0 Å². The highest BCUT2D eigenvalue weighted by atomic mass is 79.9. The Balaban J connectivity index is 2.47. The molecule has 2 N–H and O–H groups in total. The zero-order valence-corrected chi connectivity index (χ0v) is 11.6. The van der Waals surface area contributed by atoms with Crippen LogP contribution in [0.3, 0.4) is 0 Å². The highest BCUT2D eigenvalue weighted by Gasteiger charge is 2.08. The highest BCUT2D eigenvalue weighted by molar-refractivity contribution is 9.10. The number of benzene rings is 1. The van der Waals surface area contributed by atoms with Gasteiger partial charge < -0.3 is 15.2 Å². The summed E-state index contributed by atoms with van der Waals surface area (Å²) in [5.41, 5.74) is 0. The van der Waals surface area contributed by atoms with Crippen LogP contribution in [0.25, 0.3) is 0 Å². The number of carbonyl (C=O) groups excluding carboxylic acids is 1. The number of carbonyl (C=O) groups is 1. The number of amides is 1. The van der Waals surface area contributed by atoms with Crippen molar-refractivity contribution in [3.05, 3.63) is 27.7 Å². The Labute approximate surface area is 113 Å². The number of nitrogens with one attached hydrogen (secondary N) is 1. The fourth-order valence-corrected chi connectivity index (χ4v) is 1.89. The van der Waals surface area contributed by atoms with Crippen molar-refractivity contribution < 1.29 is 14.6 Å². The van der Waals surface area contributed by atoms with E-state index in [0.29, 0.717) is 15.2 Å². The molecule has 4 nitrogen and oxygen atoms in total. The maximum atomic E-state index is 11.4. The van der Waals surface area contributed by atoms with Gasteiger partial charge >= 0.3 is 0 Å². The molecule has 0 aliphatic carbocycles. The highest BCUT2D eigenvalue weighted by Crippen LogP contribution is 2.27. The zero-order chi connectivity index (χ0) is 12.8. The summed E-state index contributed by atoms with van der Waals surface area (Å²) in [6.45, 7) is 1.50. The summed E-state index contributed by atoms with van der Waals surface area (Å²) in [4.78, 5) is 11.4. The average Bonchev–Trinajstić information content (AvgIpc) is 2.27. The lowest BCUT2D eigenvalue weighted by Gasteiger charge is -2.12. The number of hydrogen-bond acceptors (Lipinski definition) is 3. The normalized spacial score (nSPS) is 12.0. The molecule has 6 heteroatoms. The van der Waals surface area contributed by atoms with E-state index < -0.39 is 0 Å². The van der Waals surface area contributed by atoms with Gasteiger partial charge in [0.25, 0.3) is 5.91 Å². The molecule has 0 spiro atoms. The first kappa shape index (κ1) is 14.3. The zero-order valence-electron chi connectivity index (χ0n) is 9.24. The van der Waals surface area contributed by atoms with E-state index in [4.69, 9.17) is 21.4 Å². The summed E-state index contributed by atoms with van der Waals surface area (Å²) in [5, 5.41) is 11.9. The van der Waals surface area contributed by atoms with Crippen LogP contribution in [-0.2, 0) is 4.79 Å². The van der Waals surface area contributed by atoms with Crippen LogP contribution in [0.5, 0.6) is 5.75 Å². The molecule has 0 aromatic heterocycles. The van der Waals surface area contributed by atoms with Gasteiger partial charge in [-0.1, -0.05) is 11.6 Å². The first-order chi connectivity index (χ1) is 8.02. The van der Waals surface area contributed by atoms with Gasteiger partial charge in [-0.3, -0.25) is 4.79 Å². The van der Waals surface area contributed by atoms with Gasteiger partial charge in [-0.15, -0.1) is 0 Å². The first-order valence-electron chi connectivity index (χ1n) is 5.01. The Morgan fingerprint density at radius 2 is 2.35 bits per heavy atom. The monoisotopic (exact) mass is 321 g/mol. The van der Waals surface area contributed by atoms with Gasteiger partial charge in [-0.05, 0) is 41.1 Å². The smallest absolute Gasteiger partial charge is 0.258 e. The summed E-state index contributed by atoms with van der Waals surface area (Å²) in [6, 6.07) is 4.76. The van der Waals surface area contributed by atoms with Gasteiger partial charge in [0.1, 0.15) is 5.75 Å². The Hall–Kier alpha value is -0.780. The standard InChI is InChI=1S/C11H13BrClNO3/c1-7(5-15)14-11(16)6-17-10-3-2-8(13)4-9(10)12/h2-4,7,15H,5-6H2,1H3,(H,14,16). The SMILES string of the molecule is CC(CO)NC(=O)COc1ccc(Cl)cc1Br. The molecule has 1 atom stereocenters. The molecule has 0 saturated carbocycles. The first-order valence-corrected chi connectivity index (χ1v) is 6.18. The van der Waals surface area contributed by atoms with E-state index in [1.165, 1.54) is 0 Å². The minimum Gasteiger partial charge on any atom is -0.483 e. The number of hydrogen-bond donors (Lipinski definition) is 2. The van der Waals surface area contributed by atoms with E-state index in [0.717, 1.165) is 0 Å². The Bertz CT molecular complexity index is 400. The van der Waals surface area contributed by atoms with Gasteiger partial charge in [-0.2, -0.15) is 0 Å². The summed E-state index contributed by atoms with van der Waals surface area (Å²) >= 11 is 9.06. The second-order valence-electron chi connectivity index (χ2n) is 3.51. The van der Waals surface area contributed by atoms with Gasteiger partial charge in [0, 0.05) is 11.1 Å². The summed E-state index contributed by atoms with van der Waals surface area (Å²) in [5.74, 6) is 0.259. The number of ether oxygens (including phenoxy) is 1. The Kier molecular flexibility index (Phi) is 5.74. The third-order valence-corrected chi connectivity index (χ3v) is 2.79. The van der Waals surface area contributed by atoms with Crippen molar-refractivity contribution in [1.82, 2.24) is 5.32 Å². The molecule has 0 bridgehead atoms. The quantitative estimate of drug-likeness (QED) is 0.871.